The van der Waals surface area contributed by atoms with Gasteiger partial charge in [-0.1, -0.05) is 83.5 Å². The van der Waals surface area contributed by atoms with Crippen molar-refractivity contribution in [2.24, 2.45) is 33.6 Å². The van der Waals surface area contributed by atoms with E-state index in [2.05, 4.69) is 35.9 Å². The number of ketones is 2. The number of nitrogens with one attached hydrogen (secondary N) is 1. The molecule has 0 unspecified atom stereocenters. The maximum Gasteiger partial charge on any atom is 0.165 e. The number of rotatable bonds is 3. The Balaban J connectivity index is 1.09. The van der Waals surface area contributed by atoms with Crippen molar-refractivity contribution in [2.45, 2.75) is 121 Å². The van der Waals surface area contributed by atoms with Gasteiger partial charge in [-0.15, -0.1) is 0 Å². The van der Waals surface area contributed by atoms with Crippen LogP contribution in [0.15, 0.2) is 72.9 Å². The molecule has 336 valence electrons. The highest BCUT2D eigenvalue weighted by Crippen LogP contribution is 2.65. The first-order valence-corrected chi connectivity index (χ1v) is 25.6. The summed E-state index contributed by atoms with van der Waals surface area (Å²) in [4.78, 5) is 31.1. The lowest BCUT2D eigenvalue weighted by Gasteiger charge is -2.46. The monoisotopic (exact) mass is 899 g/mol. The molecule has 11 heteroatoms. The minimum absolute atomic E-state index is 0.0194. The average Bonchev–Trinajstić information content (AvgIpc) is 3.99. The zero-order valence-corrected chi connectivity index (χ0v) is 38.4. The molecule has 2 heterocycles. The number of phenols is 2. The Morgan fingerprint density at radius 2 is 1.73 bits per heavy atom. The minimum Gasteiger partial charge on any atom is -0.508 e. The van der Waals surface area contributed by atoms with E-state index < -0.39 is 18.2 Å². The number of aromatic amines is 1. The number of hydrogen-bond donors (Lipinski definition) is 6. The van der Waals surface area contributed by atoms with Gasteiger partial charge in [-0.25, -0.2) is 0 Å². The van der Waals surface area contributed by atoms with E-state index in [1.807, 2.05) is 36.4 Å². The van der Waals surface area contributed by atoms with Crippen LogP contribution in [-0.2, 0) is 29.8 Å². The van der Waals surface area contributed by atoms with E-state index in [1.165, 1.54) is 25.7 Å². The number of H-pyrrole nitrogens is 1. The smallest absolute Gasteiger partial charge is 0.165 e. The molecule has 64 heavy (non-hydrogen) atoms. The predicted octanol–water partition coefficient (Wildman–Crippen LogP) is 9.74. The molecule has 1 aromatic heterocycles. The average molecular weight is 900 g/mol. The van der Waals surface area contributed by atoms with Crippen LogP contribution < -0.4 is 16.2 Å². The summed E-state index contributed by atoms with van der Waals surface area (Å²) in [6.45, 7) is 2.69. The first-order valence-electron chi connectivity index (χ1n) is 23.1. The Morgan fingerprint density at radius 1 is 0.938 bits per heavy atom. The molecule has 9 rings (SSSR count). The van der Waals surface area contributed by atoms with Crippen LogP contribution in [0.4, 0.5) is 0 Å². The number of aliphatic hydroxyl groups is 1. The molecule has 0 spiro atoms. The van der Waals surface area contributed by atoms with Gasteiger partial charge in [0, 0.05) is 70.7 Å². The number of hydrogen-bond acceptors (Lipinski definition) is 10. The largest absolute Gasteiger partial charge is 0.508 e. The SMILES string of the molecule is CC1(C[C@@H]2CC[C@]34CSSCc5cc6c(cc5C(N)N)C#CCc5[nH]ccc5C(=O)C[C@@H]6c5cc(ccc5O)CCOc5cc(ccc5O)CCC(=O)/C=C/[C@]2(C[C@H]3O)C4)CCCC1. The number of allylic oxidation sites excluding steroid dienone is 2. The summed E-state index contributed by atoms with van der Waals surface area (Å²) in [5, 5.41) is 34.5. The molecule has 1 aliphatic heterocycles. The van der Waals surface area contributed by atoms with Crippen molar-refractivity contribution in [1.29, 1.82) is 0 Å². The van der Waals surface area contributed by atoms with Crippen molar-refractivity contribution < 1.29 is 29.6 Å². The van der Waals surface area contributed by atoms with Gasteiger partial charge in [-0.05, 0) is 132 Å². The summed E-state index contributed by atoms with van der Waals surface area (Å²) in [6.07, 6.45) is 16.0. The van der Waals surface area contributed by atoms with Crippen LogP contribution in [-0.4, -0.2) is 50.3 Å². The van der Waals surface area contributed by atoms with Crippen LogP contribution in [0, 0.1) is 34.0 Å². The standard InChI is InChI=1S/C53H61N3O6S2/c1-51(17-2-3-18-51)28-37-13-19-53-31-52(37,29-49(53)61)20-14-38(57)10-7-33-9-12-46(59)48(24-33)62-22-16-34-8-11-45(58)43(23-34)42-27-47(60)39-15-21-56-44(39)6-4-5-35-25-41(50(54)55)36(26-40(35)42)30-63-64-32-53/h8-9,11-12,14-15,20-21,23-26,37,42,49-50,56,58-59,61H,2-3,6-7,10,13,16-19,22,27-32,54-55H2,1H3/b20-14+/t37-,42-,49+,52-,53-/m0/s1. The number of nitrogens with two attached hydrogens (primary N) is 2. The van der Waals surface area contributed by atoms with Gasteiger partial charge in [0.15, 0.2) is 23.1 Å². The fourth-order valence-electron chi connectivity index (χ4n) is 11.8. The van der Waals surface area contributed by atoms with E-state index in [0.717, 1.165) is 64.9 Å². The summed E-state index contributed by atoms with van der Waals surface area (Å²) < 4.78 is 6.17. The fourth-order valence-corrected chi connectivity index (χ4v) is 14.6. The molecular formula is C53H61N3O6S2. The number of fused-ring (bicyclic) bond motifs is 7. The van der Waals surface area contributed by atoms with Gasteiger partial charge in [0.1, 0.15) is 5.75 Å². The fraction of sp³-hybridized carbons (Fsp3) is 0.472. The summed E-state index contributed by atoms with van der Waals surface area (Å²) in [5.41, 5.74) is 19.8. The quantitative estimate of drug-likeness (QED) is 0.0661. The highest BCUT2D eigenvalue weighted by molar-refractivity contribution is 8.76. The number of Topliss-reactive ketones (excluding diaryl/α,β-unsaturated/α-hetero) is 1. The zero-order chi connectivity index (χ0) is 44.6. The number of carbonyl (C=O) groups is 2. The Kier molecular flexibility index (Phi) is 12.9. The first-order chi connectivity index (χ1) is 30.8. The Bertz CT molecular complexity index is 2510. The Hall–Kier alpha value is -4.44. The second kappa shape index (κ2) is 18.4. The molecule has 5 aliphatic rings. The number of benzene rings is 3. The molecule has 4 aliphatic carbocycles. The van der Waals surface area contributed by atoms with Crippen molar-refractivity contribution in [2.75, 3.05) is 12.4 Å². The number of aromatic hydroxyl groups is 2. The molecule has 8 bridgehead atoms. The number of aryl methyl sites for hydroxylation is 1. The molecule has 3 saturated carbocycles. The third-order valence-electron chi connectivity index (χ3n) is 15.4. The van der Waals surface area contributed by atoms with Crippen LogP contribution in [0.1, 0.15) is 145 Å². The molecule has 0 amide bonds. The number of phenolic OH excluding ortho intramolecular Hbond substituents is 2. The van der Waals surface area contributed by atoms with E-state index in [4.69, 9.17) is 16.2 Å². The topological polar surface area (TPSA) is 172 Å². The van der Waals surface area contributed by atoms with Gasteiger partial charge in [0.2, 0.25) is 0 Å². The van der Waals surface area contributed by atoms with Crippen LogP contribution in [0.5, 0.6) is 17.2 Å². The molecule has 8 N–H and O–H groups in total. The van der Waals surface area contributed by atoms with Crippen molar-refractivity contribution in [1.82, 2.24) is 4.98 Å². The number of aromatic nitrogens is 1. The first kappa shape index (κ1) is 44.7. The van der Waals surface area contributed by atoms with Gasteiger partial charge in [0.25, 0.3) is 0 Å². The lowest BCUT2D eigenvalue weighted by Crippen LogP contribution is -2.39. The van der Waals surface area contributed by atoms with E-state index in [0.29, 0.717) is 71.6 Å². The molecule has 4 aromatic rings. The lowest BCUT2D eigenvalue weighted by molar-refractivity contribution is -0.114. The van der Waals surface area contributed by atoms with E-state index in [-0.39, 0.29) is 46.9 Å². The minimum atomic E-state index is -0.770. The van der Waals surface area contributed by atoms with Crippen molar-refractivity contribution in [3.63, 3.8) is 0 Å². The molecule has 0 saturated heterocycles. The van der Waals surface area contributed by atoms with Crippen molar-refractivity contribution >= 4 is 33.2 Å². The Morgan fingerprint density at radius 3 is 2.55 bits per heavy atom. The lowest BCUT2D eigenvalue weighted by atomic mass is 9.59. The second-order valence-electron chi connectivity index (χ2n) is 19.8. The molecule has 3 fully saturated rings. The second-order valence-corrected chi connectivity index (χ2v) is 22.2. The summed E-state index contributed by atoms with van der Waals surface area (Å²) in [5.74, 6) is 8.34. The van der Waals surface area contributed by atoms with E-state index in [9.17, 15) is 24.9 Å². The van der Waals surface area contributed by atoms with Gasteiger partial charge in [-0.2, -0.15) is 0 Å². The van der Waals surface area contributed by atoms with Crippen molar-refractivity contribution in [3.05, 3.63) is 123 Å². The van der Waals surface area contributed by atoms with Gasteiger partial charge < -0.3 is 36.5 Å². The highest BCUT2D eigenvalue weighted by atomic mass is 33.1. The molecule has 0 radical (unpaired) electrons. The maximum absolute atomic E-state index is 14.2. The molecule has 5 atom stereocenters. The molecular weight excluding hydrogens is 839 g/mol. The van der Waals surface area contributed by atoms with E-state index >= 15 is 0 Å². The third-order valence-corrected chi connectivity index (χ3v) is 17.9. The summed E-state index contributed by atoms with van der Waals surface area (Å²) in [7, 11) is 3.50. The summed E-state index contributed by atoms with van der Waals surface area (Å²) >= 11 is 0. The number of ether oxygens (including phenoxy) is 1. The van der Waals surface area contributed by atoms with Crippen LogP contribution in [0.25, 0.3) is 0 Å². The van der Waals surface area contributed by atoms with Crippen molar-refractivity contribution in [3.8, 4) is 29.1 Å². The normalized spacial score (nSPS) is 27.6. The zero-order valence-electron chi connectivity index (χ0n) is 36.8. The summed E-state index contributed by atoms with van der Waals surface area (Å²) in [6, 6.07) is 16.6. The third kappa shape index (κ3) is 9.19. The van der Waals surface area contributed by atoms with Crippen LogP contribution >= 0.6 is 21.6 Å². The number of aliphatic hydroxyl groups excluding tert-OH is 1. The van der Waals surface area contributed by atoms with E-state index in [1.54, 1.807) is 46.0 Å². The van der Waals surface area contributed by atoms with Crippen LogP contribution in [0.3, 0.4) is 0 Å². The predicted molar refractivity (Wildman–Crippen MR) is 255 cm³/mol. The number of carbonyl (C=O) groups excluding carboxylic acids is 2. The highest BCUT2D eigenvalue weighted by Gasteiger charge is 2.59. The van der Waals surface area contributed by atoms with Gasteiger partial charge in [0.05, 0.1) is 25.3 Å². The molecule has 3 aromatic carbocycles. The van der Waals surface area contributed by atoms with Crippen LogP contribution in [0.2, 0.25) is 0 Å². The van der Waals surface area contributed by atoms with Gasteiger partial charge in [-0.3, -0.25) is 9.59 Å². The Labute approximate surface area is 385 Å². The maximum atomic E-state index is 14.2. The van der Waals surface area contributed by atoms with Gasteiger partial charge >= 0.3 is 0 Å². The molecule has 9 nitrogen and oxygen atoms in total.